The predicted octanol–water partition coefficient (Wildman–Crippen LogP) is 1.04. The number of rotatable bonds is 3. The molecule has 2 aliphatic rings. The molecule has 0 bridgehead atoms. The van der Waals surface area contributed by atoms with Gasteiger partial charge in [-0.3, -0.25) is 0 Å². The van der Waals surface area contributed by atoms with Gasteiger partial charge in [0.1, 0.15) is 29.9 Å². The Labute approximate surface area is 151 Å². The Hall–Kier alpha value is -1.35. The molecule has 5 nitrogen and oxygen atoms in total. The van der Waals surface area contributed by atoms with Gasteiger partial charge in [-0.1, -0.05) is 60.3 Å². The van der Waals surface area contributed by atoms with Gasteiger partial charge in [0.25, 0.3) is 0 Å². The van der Waals surface area contributed by atoms with Crippen LogP contribution in [0.3, 0.4) is 0 Å². The Balaban J connectivity index is 1.46. The molecule has 5 atom stereocenters. The number of benzene rings is 2. The van der Waals surface area contributed by atoms with Crippen molar-refractivity contribution >= 4 is 24.3 Å². The van der Waals surface area contributed by atoms with Crippen LogP contribution < -0.4 is 5.46 Å². The first-order valence-electron chi connectivity index (χ1n) is 8.28. The molecule has 4 rings (SSSR count). The van der Waals surface area contributed by atoms with Crippen LogP contribution in [0.5, 0.6) is 0 Å². The summed E-state index contributed by atoms with van der Waals surface area (Å²) in [6.07, 6.45) is -3.11. The summed E-state index contributed by atoms with van der Waals surface area (Å²) >= 11 is 1.39. The van der Waals surface area contributed by atoms with Gasteiger partial charge in [0.15, 0.2) is 0 Å². The Morgan fingerprint density at radius 3 is 2.32 bits per heavy atom. The standard InChI is InChI=1S/C18H19BO5S/c20-15-16(21)18(25-13-9-5-2-6-10-13)23-14-11-22-19(24-17(14)15)12-7-3-1-4-8-12/h1-10,14-18,20-21H,11H2/t14-,15-,16-,17+,18+/m1/s1. The Morgan fingerprint density at radius 1 is 0.920 bits per heavy atom. The summed E-state index contributed by atoms with van der Waals surface area (Å²) in [7, 11) is -0.564. The first-order chi connectivity index (χ1) is 12.2. The Bertz CT molecular complexity index is 686. The quantitative estimate of drug-likeness (QED) is 0.800. The minimum absolute atomic E-state index is 0.305. The molecule has 130 valence electrons. The minimum Gasteiger partial charge on any atom is -0.404 e. The van der Waals surface area contributed by atoms with E-state index >= 15 is 0 Å². The maximum absolute atomic E-state index is 10.6. The summed E-state index contributed by atoms with van der Waals surface area (Å²) in [4.78, 5) is 0.969. The molecular weight excluding hydrogens is 339 g/mol. The lowest BCUT2D eigenvalue weighted by molar-refractivity contribution is -0.214. The molecule has 0 spiro atoms. The average molecular weight is 358 g/mol. The summed E-state index contributed by atoms with van der Waals surface area (Å²) in [5, 5.41) is 21.0. The highest BCUT2D eigenvalue weighted by molar-refractivity contribution is 7.99. The van der Waals surface area contributed by atoms with Gasteiger partial charge in [-0.2, -0.15) is 0 Å². The van der Waals surface area contributed by atoms with Crippen LogP contribution >= 0.6 is 11.8 Å². The molecule has 25 heavy (non-hydrogen) atoms. The molecule has 0 unspecified atom stereocenters. The van der Waals surface area contributed by atoms with Crippen LogP contribution in [-0.2, 0) is 14.0 Å². The summed E-state index contributed by atoms with van der Waals surface area (Å²) in [6.45, 7) is 0.305. The summed E-state index contributed by atoms with van der Waals surface area (Å²) in [6, 6.07) is 19.2. The largest absolute Gasteiger partial charge is 0.494 e. The van der Waals surface area contributed by atoms with Crippen molar-refractivity contribution in [3.8, 4) is 0 Å². The second-order valence-corrected chi connectivity index (χ2v) is 7.30. The van der Waals surface area contributed by atoms with Gasteiger partial charge in [0.05, 0.1) is 6.61 Å². The normalized spacial score (nSPS) is 32.2. The smallest absolute Gasteiger partial charge is 0.404 e. The van der Waals surface area contributed by atoms with Crippen molar-refractivity contribution in [3.05, 3.63) is 60.7 Å². The Kier molecular flexibility index (Phi) is 5.12. The van der Waals surface area contributed by atoms with E-state index in [2.05, 4.69) is 0 Å². The first-order valence-corrected chi connectivity index (χ1v) is 9.15. The van der Waals surface area contributed by atoms with Crippen LogP contribution in [-0.4, -0.2) is 53.8 Å². The van der Waals surface area contributed by atoms with Gasteiger partial charge in [-0.05, 0) is 17.6 Å². The van der Waals surface area contributed by atoms with E-state index in [-0.39, 0.29) is 0 Å². The summed E-state index contributed by atoms with van der Waals surface area (Å²) < 4.78 is 17.6. The maximum atomic E-state index is 10.6. The SMILES string of the molecule is O[C@@H]1[C@@H](O)[C@H](Sc2ccccc2)O[C@@H]2COB(c3ccccc3)O[C@H]12. The number of hydrogen-bond donors (Lipinski definition) is 2. The number of ether oxygens (including phenoxy) is 1. The van der Waals surface area contributed by atoms with Gasteiger partial charge in [0, 0.05) is 4.90 Å². The highest BCUT2D eigenvalue weighted by Crippen LogP contribution is 2.35. The molecule has 0 amide bonds. The molecule has 2 heterocycles. The second-order valence-electron chi connectivity index (χ2n) is 6.13. The number of thioether (sulfide) groups is 1. The summed E-state index contributed by atoms with van der Waals surface area (Å²) in [5.41, 5.74) is 0.308. The van der Waals surface area contributed by atoms with Crippen LogP contribution in [0.4, 0.5) is 0 Å². The number of aliphatic hydroxyl groups is 2. The van der Waals surface area contributed by atoms with Crippen LogP contribution in [0, 0.1) is 0 Å². The molecule has 2 fully saturated rings. The van der Waals surface area contributed by atoms with Crippen molar-refractivity contribution in [1.29, 1.82) is 0 Å². The van der Waals surface area contributed by atoms with Crippen molar-refractivity contribution in [2.75, 3.05) is 6.61 Å². The number of aliphatic hydroxyl groups excluding tert-OH is 2. The molecule has 0 aliphatic carbocycles. The van der Waals surface area contributed by atoms with Crippen LogP contribution in [0.1, 0.15) is 0 Å². The zero-order valence-corrected chi connectivity index (χ0v) is 14.3. The second kappa shape index (κ2) is 7.49. The van der Waals surface area contributed by atoms with Gasteiger partial charge in [-0.15, -0.1) is 0 Å². The molecule has 2 N–H and O–H groups in total. The fraction of sp³-hybridized carbons (Fsp3) is 0.333. The lowest BCUT2D eigenvalue weighted by Gasteiger charge is -2.46. The van der Waals surface area contributed by atoms with E-state index in [4.69, 9.17) is 14.0 Å². The third kappa shape index (κ3) is 3.62. The van der Waals surface area contributed by atoms with E-state index in [1.807, 2.05) is 60.7 Å². The molecule has 0 aromatic heterocycles. The molecule has 2 aromatic carbocycles. The van der Waals surface area contributed by atoms with E-state index in [1.54, 1.807) is 0 Å². The topological polar surface area (TPSA) is 68.2 Å². The van der Waals surface area contributed by atoms with Gasteiger partial charge >= 0.3 is 7.12 Å². The van der Waals surface area contributed by atoms with Crippen molar-refractivity contribution in [1.82, 2.24) is 0 Å². The van der Waals surface area contributed by atoms with E-state index in [0.717, 1.165) is 10.4 Å². The van der Waals surface area contributed by atoms with Crippen molar-refractivity contribution in [2.45, 2.75) is 34.7 Å². The van der Waals surface area contributed by atoms with Crippen molar-refractivity contribution < 1.29 is 24.3 Å². The van der Waals surface area contributed by atoms with Gasteiger partial charge in [0.2, 0.25) is 0 Å². The zero-order chi connectivity index (χ0) is 17.2. The molecule has 2 aromatic rings. The van der Waals surface area contributed by atoms with E-state index in [1.165, 1.54) is 11.8 Å². The van der Waals surface area contributed by atoms with E-state index < -0.39 is 37.0 Å². The number of hydrogen-bond acceptors (Lipinski definition) is 6. The lowest BCUT2D eigenvalue weighted by Crippen LogP contribution is -2.64. The molecular formula is C18H19BO5S. The highest BCUT2D eigenvalue weighted by Gasteiger charge is 2.49. The van der Waals surface area contributed by atoms with Crippen LogP contribution in [0.15, 0.2) is 65.6 Å². The predicted molar refractivity (Wildman–Crippen MR) is 95.6 cm³/mol. The number of fused-ring (bicyclic) bond motifs is 1. The zero-order valence-electron chi connectivity index (χ0n) is 13.5. The minimum atomic E-state index is -1.04. The molecule has 7 heteroatoms. The molecule has 0 radical (unpaired) electrons. The molecule has 0 saturated carbocycles. The van der Waals surface area contributed by atoms with Crippen LogP contribution in [0.2, 0.25) is 0 Å². The summed E-state index contributed by atoms with van der Waals surface area (Å²) in [5.74, 6) is 0. The monoisotopic (exact) mass is 358 g/mol. The average Bonchev–Trinajstić information content (AvgIpc) is 2.67. The maximum Gasteiger partial charge on any atom is 0.494 e. The third-order valence-corrected chi connectivity index (χ3v) is 5.57. The van der Waals surface area contributed by atoms with Crippen molar-refractivity contribution in [3.63, 3.8) is 0 Å². The highest BCUT2D eigenvalue weighted by atomic mass is 32.2. The van der Waals surface area contributed by atoms with E-state index in [9.17, 15) is 10.2 Å². The Morgan fingerprint density at radius 2 is 1.60 bits per heavy atom. The fourth-order valence-electron chi connectivity index (χ4n) is 3.09. The third-order valence-electron chi connectivity index (χ3n) is 4.40. The van der Waals surface area contributed by atoms with Gasteiger partial charge in [-0.25, -0.2) is 0 Å². The molecule has 2 aliphatic heterocycles. The van der Waals surface area contributed by atoms with Crippen molar-refractivity contribution in [2.24, 2.45) is 0 Å². The molecule has 2 saturated heterocycles. The van der Waals surface area contributed by atoms with E-state index in [0.29, 0.717) is 6.61 Å². The van der Waals surface area contributed by atoms with Gasteiger partial charge < -0.3 is 24.3 Å². The fourth-order valence-corrected chi connectivity index (χ4v) is 4.17. The lowest BCUT2D eigenvalue weighted by atomic mass is 9.76. The first kappa shape index (κ1) is 17.1. The van der Waals surface area contributed by atoms with Crippen LogP contribution in [0.25, 0.3) is 0 Å².